The standard InChI is InChI=1S/C18H25NO4/c20-18(17-13-22-15-9-4-5-10-16(15)23-17)19-11-6-12-21-14-7-2-1-3-8-14/h4-5,9-10,14,17H,1-3,6-8,11-13H2,(H,19,20)/t17-/m0/s1. The fraction of sp³-hybridized carbons (Fsp3) is 0.611. The molecule has 0 unspecified atom stereocenters. The van der Waals surface area contributed by atoms with Gasteiger partial charge in [0.25, 0.3) is 5.91 Å². The number of amides is 1. The summed E-state index contributed by atoms with van der Waals surface area (Å²) in [6, 6.07) is 7.40. The summed E-state index contributed by atoms with van der Waals surface area (Å²) in [5.41, 5.74) is 0. The second kappa shape index (κ2) is 8.20. The first-order chi connectivity index (χ1) is 11.3. The molecule has 1 fully saturated rings. The van der Waals surface area contributed by atoms with E-state index in [4.69, 9.17) is 14.2 Å². The summed E-state index contributed by atoms with van der Waals surface area (Å²) in [6.45, 7) is 1.56. The quantitative estimate of drug-likeness (QED) is 0.819. The third-order valence-electron chi connectivity index (χ3n) is 4.33. The Morgan fingerprint density at radius 3 is 2.78 bits per heavy atom. The van der Waals surface area contributed by atoms with Crippen molar-refractivity contribution in [3.05, 3.63) is 24.3 Å². The van der Waals surface area contributed by atoms with E-state index in [0.717, 1.165) is 6.42 Å². The van der Waals surface area contributed by atoms with E-state index in [0.29, 0.717) is 30.8 Å². The molecule has 2 aliphatic rings. The van der Waals surface area contributed by atoms with Crippen molar-refractivity contribution < 1.29 is 19.0 Å². The van der Waals surface area contributed by atoms with Crippen LogP contribution in [0.3, 0.4) is 0 Å². The van der Waals surface area contributed by atoms with E-state index in [1.54, 1.807) is 0 Å². The van der Waals surface area contributed by atoms with Crippen LogP contribution in [0.1, 0.15) is 38.5 Å². The molecular weight excluding hydrogens is 294 g/mol. The molecule has 23 heavy (non-hydrogen) atoms. The van der Waals surface area contributed by atoms with E-state index >= 15 is 0 Å². The van der Waals surface area contributed by atoms with Crippen LogP contribution >= 0.6 is 0 Å². The topological polar surface area (TPSA) is 56.8 Å². The lowest BCUT2D eigenvalue weighted by Gasteiger charge is -2.25. The molecule has 1 saturated carbocycles. The van der Waals surface area contributed by atoms with E-state index in [1.165, 1.54) is 32.1 Å². The highest BCUT2D eigenvalue weighted by atomic mass is 16.6. The van der Waals surface area contributed by atoms with Crippen LogP contribution < -0.4 is 14.8 Å². The number of fused-ring (bicyclic) bond motifs is 1. The Morgan fingerprint density at radius 2 is 1.96 bits per heavy atom. The van der Waals surface area contributed by atoms with Gasteiger partial charge in [0, 0.05) is 13.2 Å². The van der Waals surface area contributed by atoms with Crippen LogP contribution in [0.25, 0.3) is 0 Å². The SMILES string of the molecule is O=C(NCCCOC1CCCCC1)[C@@H]1COc2ccccc2O1. The van der Waals surface area contributed by atoms with Crippen molar-refractivity contribution in [1.82, 2.24) is 5.32 Å². The third kappa shape index (κ3) is 4.61. The van der Waals surface area contributed by atoms with Crippen LogP contribution in [0, 0.1) is 0 Å². The van der Waals surface area contributed by atoms with Gasteiger partial charge in [0.2, 0.25) is 6.10 Å². The molecule has 1 atom stereocenters. The van der Waals surface area contributed by atoms with Gasteiger partial charge in [-0.2, -0.15) is 0 Å². The maximum absolute atomic E-state index is 12.1. The zero-order valence-corrected chi connectivity index (χ0v) is 13.5. The average molecular weight is 319 g/mol. The van der Waals surface area contributed by atoms with Gasteiger partial charge in [-0.05, 0) is 31.4 Å². The summed E-state index contributed by atoms with van der Waals surface area (Å²) in [5.74, 6) is 1.19. The normalized spacial score (nSPS) is 21.0. The summed E-state index contributed by atoms with van der Waals surface area (Å²) in [5, 5.41) is 2.90. The van der Waals surface area contributed by atoms with Crippen molar-refractivity contribution in [2.24, 2.45) is 0 Å². The van der Waals surface area contributed by atoms with Crippen molar-refractivity contribution in [2.45, 2.75) is 50.7 Å². The number of hydrogen-bond acceptors (Lipinski definition) is 4. The Balaban J connectivity index is 1.32. The molecule has 1 amide bonds. The maximum atomic E-state index is 12.1. The lowest BCUT2D eigenvalue weighted by Crippen LogP contribution is -2.44. The van der Waals surface area contributed by atoms with Gasteiger partial charge in [0.15, 0.2) is 11.5 Å². The van der Waals surface area contributed by atoms with Gasteiger partial charge in [-0.3, -0.25) is 4.79 Å². The molecular formula is C18H25NO4. The fourth-order valence-corrected chi connectivity index (χ4v) is 3.03. The molecule has 1 aromatic carbocycles. The molecule has 3 rings (SSSR count). The Morgan fingerprint density at radius 1 is 1.17 bits per heavy atom. The average Bonchev–Trinajstić information content (AvgIpc) is 2.61. The van der Waals surface area contributed by atoms with E-state index in [1.807, 2.05) is 24.3 Å². The third-order valence-corrected chi connectivity index (χ3v) is 4.33. The van der Waals surface area contributed by atoms with Gasteiger partial charge in [-0.25, -0.2) is 0 Å². The largest absolute Gasteiger partial charge is 0.485 e. The monoisotopic (exact) mass is 319 g/mol. The Labute approximate surface area is 137 Å². The number of carbonyl (C=O) groups is 1. The van der Waals surface area contributed by atoms with Crippen molar-refractivity contribution >= 4 is 5.91 Å². The lowest BCUT2D eigenvalue weighted by molar-refractivity contribution is -0.130. The summed E-state index contributed by atoms with van der Waals surface area (Å²) < 4.78 is 17.1. The van der Waals surface area contributed by atoms with Crippen molar-refractivity contribution in [3.8, 4) is 11.5 Å². The van der Waals surface area contributed by atoms with Crippen LogP contribution in [0.15, 0.2) is 24.3 Å². The molecule has 1 heterocycles. The maximum Gasteiger partial charge on any atom is 0.264 e. The smallest absolute Gasteiger partial charge is 0.264 e. The molecule has 1 aromatic rings. The van der Waals surface area contributed by atoms with Gasteiger partial charge in [0.1, 0.15) is 6.61 Å². The first-order valence-corrected chi connectivity index (χ1v) is 8.61. The minimum absolute atomic E-state index is 0.128. The second-order valence-electron chi connectivity index (χ2n) is 6.14. The van der Waals surface area contributed by atoms with Crippen LogP contribution in [0.4, 0.5) is 0 Å². The van der Waals surface area contributed by atoms with E-state index in [-0.39, 0.29) is 12.5 Å². The predicted molar refractivity (Wildman–Crippen MR) is 86.8 cm³/mol. The highest BCUT2D eigenvalue weighted by molar-refractivity contribution is 5.81. The minimum atomic E-state index is -0.579. The molecule has 126 valence electrons. The van der Waals surface area contributed by atoms with Gasteiger partial charge >= 0.3 is 0 Å². The molecule has 1 N–H and O–H groups in total. The summed E-state index contributed by atoms with van der Waals surface area (Å²) >= 11 is 0. The van der Waals surface area contributed by atoms with E-state index in [2.05, 4.69) is 5.32 Å². The van der Waals surface area contributed by atoms with Gasteiger partial charge < -0.3 is 19.5 Å². The highest BCUT2D eigenvalue weighted by Gasteiger charge is 2.26. The number of rotatable bonds is 6. The number of ether oxygens (including phenoxy) is 3. The van der Waals surface area contributed by atoms with Crippen LogP contribution in [0.2, 0.25) is 0 Å². The van der Waals surface area contributed by atoms with Gasteiger partial charge in [-0.1, -0.05) is 31.4 Å². The first kappa shape index (κ1) is 16.1. The summed E-state index contributed by atoms with van der Waals surface area (Å²) in [7, 11) is 0. The molecule has 0 radical (unpaired) electrons. The van der Waals surface area contributed by atoms with Gasteiger partial charge in [-0.15, -0.1) is 0 Å². The van der Waals surface area contributed by atoms with Crippen molar-refractivity contribution in [3.63, 3.8) is 0 Å². The number of hydrogen-bond donors (Lipinski definition) is 1. The minimum Gasteiger partial charge on any atom is -0.485 e. The Hall–Kier alpha value is -1.75. The molecule has 1 aliphatic carbocycles. The molecule has 5 heteroatoms. The molecule has 0 bridgehead atoms. The van der Waals surface area contributed by atoms with Crippen molar-refractivity contribution in [1.29, 1.82) is 0 Å². The van der Waals surface area contributed by atoms with Crippen LogP contribution in [-0.4, -0.2) is 37.9 Å². The van der Waals surface area contributed by atoms with Crippen molar-refractivity contribution in [2.75, 3.05) is 19.8 Å². The summed E-state index contributed by atoms with van der Waals surface area (Å²) in [6.07, 6.45) is 6.92. The van der Waals surface area contributed by atoms with Gasteiger partial charge in [0.05, 0.1) is 6.10 Å². The zero-order valence-electron chi connectivity index (χ0n) is 13.5. The van der Waals surface area contributed by atoms with E-state index < -0.39 is 6.10 Å². The van der Waals surface area contributed by atoms with Crippen LogP contribution in [0.5, 0.6) is 11.5 Å². The zero-order chi connectivity index (χ0) is 15.9. The Bertz CT molecular complexity index is 513. The molecule has 0 spiro atoms. The first-order valence-electron chi connectivity index (χ1n) is 8.61. The van der Waals surface area contributed by atoms with Crippen LogP contribution in [-0.2, 0) is 9.53 Å². The molecule has 5 nitrogen and oxygen atoms in total. The Kier molecular flexibility index (Phi) is 5.75. The number of nitrogens with one attached hydrogen (secondary N) is 1. The second-order valence-corrected chi connectivity index (χ2v) is 6.14. The molecule has 0 aromatic heterocycles. The highest BCUT2D eigenvalue weighted by Crippen LogP contribution is 2.30. The number of para-hydroxylation sites is 2. The molecule has 0 saturated heterocycles. The number of benzene rings is 1. The lowest BCUT2D eigenvalue weighted by atomic mass is 9.98. The van der Waals surface area contributed by atoms with E-state index in [9.17, 15) is 4.79 Å². The fourth-order valence-electron chi connectivity index (χ4n) is 3.03. The molecule has 1 aliphatic heterocycles. The number of carbonyl (C=O) groups excluding carboxylic acids is 1. The summed E-state index contributed by atoms with van der Waals surface area (Å²) in [4.78, 5) is 12.1. The predicted octanol–water partition coefficient (Wildman–Crippen LogP) is 2.68.